The summed E-state index contributed by atoms with van der Waals surface area (Å²) in [6.07, 6.45) is 2.32. The Morgan fingerprint density at radius 2 is 2.17 bits per heavy atom. The molecule has 1 heteroatoms. The molecule has 12 heavy (non-hydrogen) atoms. The number of aliphatic hydroxyl groups is 1. The smallest absolute Gasteiger partial charge is 0.0470 e. The maximum absolute atomic E-state index is 9.27. The molecule has 0 bridgehead atoms. The summed E-state index contributed by atoms with van der Waals surface area (Å²) in [5.41, 5.74) is 1.44. The van der Waals surface area contributed by atoms with Gasteiger partial charge in [-0.2, -0.15) is 0 Å². The van der Waals surface area contributed by atoms with Crippen LogP contribution in [-0.2, 0) is 0 Å². The second-order valence-corrected chi connectivity index (χ2v) is 4.63. The third-order valence-electron chi connectivity index (χ3n) is 3.62. The molecule has 0 aromatic carbocycles. The molecule has 2 atom stereocenters. The van der Waals surface area contributed by atoms with Crippen molar-refractivity contribution in [3.8, 4) is 0 Å². The van der Waals surface area contributed by atoms with E-state index in [-0.39, 0.29) is 5.41 Å². The Hall–Kier alpha value is -0.300. The summed E-state index contributed by atoms with van der Waals surface area (Å²) < 4.78 is 0. The van der Waals surface area contributed by atoms with E-state index in [2.05, 4.69) is 27.4 Å². The topological polar surface area (TPSA) is 20.2 Å². The van der Waals surface area contributed by atoms with E-state index in [0.717, 1.165) is 6.42 Å². The lowest BCUT2D eigenvalue weighted by molar-refractivity contribution is 0.0710. The minimum Gasteiger partial charge on any atom is -0.396 e. The van der Waals surface area contributed by atoms with Crippen molar-refractivity contribution in [3.05, 3.63) is 12.2 Å². The molecule has 2 unspecified atom stereocenters. The minimum absolute atomic E-state index is 0.131. The van der Waals surface area contributed by atoms with Crippen LogP contribution in [-0.4, -0.2) is 11.7 Å². The van der Waals surface area contributed by atoms with Crippen LogP contribution in [0.25, 0.3) is 0 Å². The monoisotopic (exact) mass is 168 g/mol. The van der Waals surface area contributed by atoms with Gasteiger partial charge in [0.1, 0.15) is 0 Å². The Bertz CT molecular complexity index is 181. The highest BCUT2D eigenvalue weighted by Gasteiger charge is 2.38. The zero-order valence-electron chi connectivity index (χ0n) is 8.43. The summed E-state index contributed by atoms with van der Waals surface area (Å²) in [5.74, 6) is 1.04. The quantitative estimate of drug-likeness (QED) is 0.597. The van der Waals surface area contributed by atoms with Gasteiger partial charge in [-0.3, -0.25) is 0 Å². The van der Waals surface area contributed by atoms with Gasteiger partial charge in [0, 0.05) is 6.61 Å². The first kappa shape index (κ1) is 9.79. The van der Waals surface area contributed by atoms with Crippen molar-refractivity contribution in [2.45, 2.75) is 33.6 Å². The van der Waals surface area contributed by atoms with E-state index in [4.69, 9.17) is 0 Å². The first-order valence-corrected chi connectivity index (χ1v) is 4.79. The third kappa shape index (κ3) is 1.42. The summed E-state index contributed by atoms with van der Waals surface area (Å²) in [4.78, 5) is 0. The first-order valence-electron chi connectivity index (χ1n) is 4.79. The molecular weight excluding hydrogens is 148 g/mol. The van der Waals surface area contributed by atoms with E-state index in [1.54, 1.807) is 0 Å². The molecule has 0 radical (unpaired) electrons. The van der Waals surface area contributed by atoms with Gasteiger partial charge in [-0.05, 0) is 30.1 Å². The van der Waals surface area contributed by atoms with Gasteiger partial charge >= 0.3 is 0 Å². The van der Waals surface area contributed by atoms with E-state index in [9.17, 15) is 5.11 Å². The fourth-order valence-corrected chi connectivity index (χ4v) is 2.31. The number of hydrogen-bond donors (Lipinski definition) is 1. The second-order valence-electron chi connectivity index (χ2n) is 4.63. The molecule has 1 fully saturated rings. The number of allylic oxidation sites excluding steroid dienone is 1. The Morgan fingerprint density at radius 3 is 2.58 bits per heavy atom. The van der Waals surface area contributed by atoms with Crippen molar-refractivity contribution in [2.75, 3.05) is 6.61 Å². The Morgan fingerprint density at radius 1 is 1.58 bits per heavy atom. The average molecular weight is 168 g/mol. The lowest BCUT2D eigenvalue weighted by Gasteiger charge is -2.43. The standard InChI is InChI=1S/C11H20O/c1-8-5-6-9(2)11(3,4)10(8)7-12/h8,10,12H,2,5-7H2,1,3-4H3. The lowest BCUT2D eigenvalue weighted by atomic mass is 9.62. The highest BCUT2D eigenvalue weighted by atomic mass is 16.3. The number of hydrogen-bond acceptors (Lipinski definition) is 1. The highest BCUT2D eigenvalue weighted by molar-refractivity contribution is 5.13. The largest absolute Gasteiger partial charge is 0.396 e. The Kier molecular flexibility index (Phi) is 2.62. The molecule has 0 spiro atoms. The molecule has 1 saturated carbocycles. The normalized spacial score (nSPS) is 35.2. The minimum atomic E-state index is 0.131. The van der Waals surface area contributed by atoms with Crippen molar-refractivity contribution in [3.63, 3.8) is 0 Å². The van der Waals surface area contributed by atoms with Gasteiger partial charge in [0.05, 0.1) is 0 Å². The summed E-state index contributed by atoms with van der Waals surface area (Å²) in [6, 6.07) is 0. The summed E-state index contributed by atoms with van der Waals surface area (Å²) in [7, 11) is 0. The fourth-order valence-electron chi connectivity index (χ4n) is 2.31. The molecule has 1 nitrogen and oxygen atoms in total. The zero-order chi connectivity index (χ0) is 9.35. The van der Waals surface area contributed by atoms with Gasteiger partial charge in [-0.1, -0.05) is 32.9 Å². The van der Waals surface area contributed by atoms with Crippen LogP contribution in [0.15, 0.2) is 12.2 Å². The van der Waals surface area contributed by atoms with Crippen LogP contribution in [0.1, 0.15) is 33.6 Å². The molecule has 0 aromatic heterocycles. The van der Waals surface area contributed by atoms with E-state index in [1.807, 2.05) is 0 Å². The molecule has 0 aliphatic heterocycles. The highest BCUT2D eigenvalue weighted by Crippen LogP contribution is 2.46. The van der Waals surface area contributed by atoms with Crippen LogP contribution in [0.2, 0.25) is 0 Å². The number of rotatable bonds is 1. The van der Waals surface area contributed by atoms with Crippen molar-refractivity contribution in [1.82, 2.24) is 0 Å². The third-order valence-corrected chi connectivity index (χ3v) is 3.62. The molecule has 1 aliphatic carbocycles. The molecule has 1 aliphatic rings. The van der Waals surface area contributed by atoms with Crippen LogP contribution in [0, 0.1) is 17.3 Å². The molecule has 0 amide bonds. The van der Waals surface area contributed by atoms with Crippen molar-refractivity contribution < 1.29 is 5.11 Å². The van der Waals surface area contributed by atoms with Crippen molar-refractivity contribution in [2.24, 2.45) is 17.3 Å². The predicted molar refractivity (Wildman–Crippen MR) is 51.9 cm³/mol. The zero-order valence-corrected chi connectivity index (χ0v) is 8.43. The second kappa shape index (κ2) is 3.21. The molecule has 70 valence electrons. The predicted octanol–water partition coefficient (Wildman–Crippen LogP) is 2.61. The fraction of sp³-hybridized carbons (Fsp3) is 0.818. The molecular formula is C11H20O. The van der Waals surface area contributed by atoms with Crippen LogP contribution in [0.4, 0.5) is 0 Å². The molecule has 0 aromatic rings. The number of aliphatic hydroxyl groups excluding tert-OH is 1. The Labute approximate surface area is 75.5 Å². The van der Waals surface area contributed by atoms with Gasteiger partial charge in [0.25, 0.3) is 0 Å². The lowest BCUT2D eigenvalue weighted by Crippen LogP contribution is -2.37. The molecule has 1 N–H and O–H groups in total. The van der Waals surface area contributed by atoms with Gasteiger partial charge in [0.15, 0.2) is 0 Å². The van der Waals surface area contributed by atoms with Gasteiger partial charge < -0.3 is 5.11 Å². The summed E-state index contributed by atoms with van der Waals surface area (Å²) >= 11 is 0. The maximum Gasteiger partial charge on any atom is 0.0470 e. The SMILES string of the molecule is C=C1CCC(C)C(CO)C1(C)C. The summed E-state index contributed by atoms with van der Waals surface area (Å²) in [6.45, 7) is 11.0. The van der Waals surface area contributed by atoms with Crippen LogP contribution in [0.5, 0.6) is 0 Å². The van der Waals surface area contributed by atoms with Crippen molar-refractivity contribution in [1.29, 1.82) is 0 Å². The molecule has 0 saturated heterocycles. The van der Waals surface area contributed by atoms with Gasteiger partial charge in [-0.25, -0.2) is 0 Å². The van der Waals surface area contributed by atoms with E-state index < -0.39 is 0 Å². The molecule has 1 rings (SSSR count). The molecule has 0 heterocycles. The van der Waals surface area contributed by atoms with Crippen LogP contribution in [0.3, 0.4) is 0 Å². The van der Waals surface area contributed by atoms with E-state index >= 15 is 0 Å². The van der Waals surface area contributed by atoms with Crippen LogP contribution < -0.4 is 0 Å². The average Bonchev–Trinajstić information content (AvgIpc) is 1.98. The van der Waals surface area contributed by atoms with E-state index in [0.29, 0.717) is 18.4 Å². The van der Waals surface area contributed by atoms with Gasteiger partial charge in [-0.15, -0.1) is 0 Å². The maximum atomic E-state index is 9.27. The van der Waals surface area contributed by atoms with Crippen LogP contribution >= 0.6 is 0 Å². The summed E-state index contributed by atoms with van der Waals surface area (Å²) in [5, 5.41) is 9.27. The first-order chi connectivity index (χ1) is 5.50. The Balaban J connectivity index is 2.83. The van der Waals surface area contributed by atoms with Crippen molar-refractivity contribution >= 4 is 0 Å². The van der Waals surface area contributed by atoms with E-state index in [1.165, 1.54) is 12.0 Å². The van der Waals surface area contributed by atoms with Gasteiger partial charge in [0.2, 0.25) is 0 Å².